The van der Waals surface area contributed by atoms with Crippen molar-refractivity contribution in [2.24, 2.45) is 7.05 Å². The van der Waals surface area contributed by atoms with Crippen molar-refractivity contribution >= 4 is 22.1 Å². The molecule has 2 rings (SSSR count). The predicted octanol–water partition coefficient (Wildman–Crippen LogP) is 1.73. The smallest absolute Gasteiger partial charge is 0.177 e. The Labute approximate surface area is 63.5 Å². The molecule has 0 fully saturated rings. The van der Waals surface area contributed by atoms with E-state index < -0.39 is 0 Å². The Hall–Kier alpha value is -0.890. The van der Waals surface area contributed by atoms with Crippen LogP contribution in [0.15, 0.2) is 29.2 Å². The zero-order valence-corrected chi connectivity index (χ0v) is 6.56. The highest BCUT2D eigenvalue weighted by Crippen LogP contribution is 2.15. The number of rotatable bonds is 0. The second-order valence-corrected chi connectivity index (χ2v) is 3.14. The standard InChI is InChI=1S/C8H8NS/c1-9-3-2-7-5-10-6-8(7)4-9/h2-6H,1H3/q+1. The molecule has 1 nitrogen and oxygen atoms in total. The number of fused-ring (bicyclic) bond motifs is 1. The van der Waals surface area contributed by atoms with Crippen LogP contribution in [0, 0.1) is 0 Å². The summed E-state index contributed by atoms with van der Waals surface area (Å²) in [6.45, 7) is 0. The van der Waals surface area contributed by atoms with Gasteiger partial charge in [0.05, 0.1) is 5.39 Å². The summed E-state index contributed by atoms with van der Waals surface area (Å²) in [5.74, 6) is 0. The van der Waals surface area contributed by atoms with Crippen LogP contribution in [0.4, 0.5) is 0 Å². The average molecular weight is 150 g/mol. The molecule has 0 N–H and O–H groups in total. The average Bonchev–Trinajstić information content (AvgIpc) is 2.33. The van der Waals surface area contributed by atoms with Crippen molar-refractivity contribution in [1.29, 1.82) is 0 Å². The van der Waals surface area contributed by atoms with Gasteiger partial charge in [0.25, 0.3) is 0 Å². The lowest BCUT2D eigenvalue weighted by molar-refractivity contribution is -0.670. The van der Waals surface area contributed by atoms with Crippen LogP contribution in [0.1, 0.15) is 0 Å². The van der Waals surface area contributed by atoms with Gasteiger partial charge in [0, 0.05) is 16.8 Å². The summed E-state index contributed by atoms with van der Waals surface area (Å²) in [6.07, 6.45) is 4.20. The molecular formula is C8H8NS+. The van der Waals surface area contributed by atoms with Crippen molar-refractivity contribution in [3.05, 3.63) is 29.2 Å². The van der Waals surface area contributed by atoms with E-state index in [1.54, 1.807) is 11.3 Å². The molecule has 0 aliphatic carbocycles. The molecule has 0 saturated carbocycles. The molecule has 0 aromatic carbocycles. The lowest BCUT2D eigenvalue weighted by Gasteiger charge is -1.85. The number of hydrogen-bond acceptors (Lipinski definition) is 1. The van der Waals surface area contributed by atoms with Gasteiger partial charge in [-0.05, 0) is 5.38 Å². The van der Waals surface area contributed by atoms with E-state index in [9.17, 15) is 0 Å². The predicted molar refractivity (Wildman–Crippen MR) is 43.0 cm³/mol. The summed E-state index contributed by atoms with van der Waals surface area (Å²) in [5, 5.41) is 6.99. The Morgan fingerprint density at radius 1 is 1.30 bits per heavy atom. The van der Waals surface area contributed by atoms with Gasteiger partial charge < -0.3 is 0 Å². The SMILES string of the molecule is C[n+]1ccc2cscc2c1. The van der Waals surface area contributed by atoms with E-state index in [2.05, 4.69) is 33.8 Å². The molecule has 2 heteroatoms. The molecule has 0 amide bonds. The minimum Gasteiger partial charge on any atom is -0.207 e. The molecule has 0 spiro atoms. The van der Waals surface area contributed by atoms with Crippen molar-refractivity contribution in [1.82, 2.24) is 0 Å². The fraction of sp³-hybridized carbons (Fsp3) is 0.125. The molecule has 0 bridgehead atoms. The second-order valence-electron chi connectivity index (χ2n) is 2.39. The van der Waals surface area contributed by atoms with E-state index in [0.29, 0.717) is 0 Å². The maximum absolute atomic E-state index is 2.16. The van der Waals surface area contributed by atoms with Gasteiger partial charge in [-0.3, -0.25) is 0 Å². The zero-order valence-electron chi connectivity index (χ0n) is 5.74. The maximum atomic E-state index is 2.16. The number of pyridine rings is 1. The van der Waals surface area contributed by atoms with E-state index in [1.165, 1.54) is 10.8 Å². The molecule has 0 unspecified atom stereocenters. The maximum Gasteiger partial charge on any atom is 0.177 e. The van der Waals surface area contributed by atoms with Gasteiger partial charge in [-0.1, -0.05) is 0 Å². The summed E-state index contributed by atoms with van der Waals surface area (Å²) < 4.78 is 2.06. The van der Waals surface area contributed by atoms with Crippen LogP contribution >= 0.6 is 11.3 Å². The fourth-order valence-corrected chi connectivity index (χ4v) is 1.79. The number of nitrogens with zero attached hydrogens (tertiary/aromatic N) is 1. The summed E-state index contributed by atoms with van der Waals surface area (Å²) in [7, 11) is 2.04. The molecule has 0 saturated heterocycles. The normalized spacial score (nSPS) is 10.5. The molecular weight excluding hydrogens is 142 g/mol. The van der Waals surface area contributed by atoms with Crippen LogP contribution < -0.4 is 4.57 Å². The summed E-state index contributed by atoms with van der Waals surface area (Å²) in [6, 6.07) is 2.13. The lowest BCUT2D eigenvalue weighted by Crippen LogP contribution is -2.25. The number of hydrogen-bond donors (Lipinski definition) is 0. The fourth-order valence-electron chi connectivity index (χ4n) is 1.02. The third-order valence-electron chi connectivity index (χ3n) is 1.56. The summed E-state index contributed by atoms with van der Waals surface area (Å²) >= 11 is 1.75. The highest BCUT2D eigenvalue weighted by Gasteiger charge is 1.96. The van der Waals surface area contributed by atoms with Gasteiger partial charge in [-0.25, -0.2) is 4.57 Å². The first-order valence-corrected chi connectivity index (χ1v) is 4.12. The Bertz CT molecular complexity index is 351. The van der Waals surface area contributed by atoms with Gasteiger partial charge in [0.1, 0.15) is 7.05 Å². The van der Waals surface area contributed by atoms with Crippen LogP contribution in [0.2, 0.25) is 0 Å². The number of aromatic nitrogens is 1. The minimum atomic E-state index is 1.33. The van der Waals surface area contributed by atoms with E-state index in [1.807, 2.05) is 7.05 Å². The number of thiophene rings is 1. The molecule has 2 aromatic heterocycles. The Balaban J connectivity index is 2.86. The van der Waals surface area contributed by atoms with Crippen LogP contribution in [0.5, 0.6) is 0 Å². The van der Waals surface area contributed by atoms with Gasteiger partial charge in [0.2, 0.25) is 0 Å². The molecule has 0 aliphatic rings. The first-order chi connectivity index (χ1) is 4.86. The van der Waals surface area contributed by atoms with E-state index in [-0.39, 0.29) is 0 Å². The van der Waals surface area contributed by atoms with Crippen LogP contribution in [-0.4, -0.2) is 0 Å². The largest absolute Gasteiger partial charge is 0.207 e. The van der Waals surface area contributed by atoms with Crippen LogP contribution in [0.25, 0.3) is 10.8 Å². The van der Waals surface area contributed by atoms with Crippen molar-refractivity contribution in [2.75, 3.05) is 0 Å². The van der Waals surface area contributed by atoms with Gasteiger partial charge >= 0.3 is 0 Å². The van der Waals surface area contributed by atoms with E-state index in [4.69, 9.17) is 0 Å². The Kier molecular flexibility index (Phi) is 1.21. The molecule has 2 heterocycles. The summed E-state index contributed by atoms with van der Waals surface area (Å²) in [5.41, 5.74) is 0. The van der Waals surface area contributed by atoms with Crippen molar-refractivity contribution < 1.29 is 4.57 Å². The minimum absolute atomic E-state index is 1.33. The first kappa shape index (κ1) is 5.86. The Morgan fingerprint density at radius 3 is 3.00 bits per heavy atom. The molecule has 0 radical (unpaired) electrons. The molecule has 2 aromatic rings. The number of aryl methyl sites for hydroxylation is 1. The monoisotopic (exact) mass is 150 g/mol. The molecule has 0 aliphatic heterocycles. The third kappa shape index (κ3) is 0.809. The van der Waals surface area contributed by atoms with E-state index >= 15 is 0 Å². The van der Waals surface area contributed by atoms with Gasteiger partial charge in [0.15, 0.2) is 12.4 Å². The highest BCUT2D eigenvalue weighted by molar-refractivity contribution is 7.09. The van der Waals surface area contributed by atoms with Crippen molar-refractivity contribution in [2.45, 2.75) is 0 Å². The van der Waals surface area contributed by atoms with Gasteiger partial charge in [-0.2, -0.15) is 11.3 Å². The van der Waals surface area contributed by atoms with Crippen molar-refractivity contribution in [3.8, 4) is 0 Å². The van der Waals surface area contributed by atoms with Crippen molar-refractivity contribution in [3.63, 3.8) is 0 Å². The Morgan fingerprint density at radius 2 is 2.10 bits per heavy atom. The molecule has 10 heavy (non-hydrogen) atoms. The molecule has 50 valence electrons. The van der Waals surface area contributed by atoms with Crippen LogP contribution in [-0.2, 0) is 7.05 Å². The lowest BCUT2D eigenvalue weighted by atomic mass is 10.3. The zero-order chi connectivity index (χ0) is 6.97. The van der Waals surface area contributed by atoms with E-state index in [0.717, 1.165) is 0 Å². The quantitative estimate of drug-likeness (QED) is 0.503. The molecule has 0 atom stereocenters. The van der Waals surface area contributed by atoms with Crippen LogP contribution in [0.3, 0.4) is 0 Å². The topological polar surface area (TPSA) is 3.88 Å². The van der Waals surface area contributed by atoms with Gasteiger partial charge in [-0.15, -0.1) is 0 Å². The highest BCUT2D eigenvalue weighted by atomic mass is 32.1. The first-order valence-electron chi connectivity index (χ1n) is 3.17. The third-order valence-corrected chi connectivity index (χ3v) is 2.34. The summed E-state index contributed by atoms with van der Waals surface area (Å²) in [4.78, 5) is 0. The second kappa shape index (κ2) is 2.06.